The minimum atomic E-state index is 0.676. The lowest BCUT2D eigenvalue weighted by Gasteiger charge is -2.03. The lowest BCUT2D eigenvalue weighted by molar-refractivity contribution is 0.747. The Hall–Kier alpha value is -1.05. The number of hydrogen-bond donors (Lipinski definition) is 1. The van der Waals surface area contributed by atoms with Crippen LogP contribution in [-0.2, 0) is 6.42 Å². The molecule has 2 N–H and O–H groups in total. The van der Waals surface area contributed by atoms with Crippen LogP contribution in [0.1, 0.15) is 30.4 Å². The molecule has 0 amide bonds. The maximum Gasteiger partial charge on any atom is 0.126 e. The molecule has 0 aliphatic heterocycles. The van der Waals surface area contributed by atoms with Crippen LogP contribution in [0.25, 0.3) is 0 Å². The van der Waals surface area contributed by atoms with Crippen LogP contribution in [0.3, 0.4) is 0 Å². The second-order valence-corrected chi connectivity index (χ2v) is 3.20. The first-order valence-corrected chi connectivity index (χ1v) is 4.02. The van der Waals surface area contributed by atoms with Crippen LogP contribution in [0.4, 0.5) is 5.82 Å². The molecule has 0 saturated carbocycles. The van der Waals surface area contributed by atoms with Crippen molar-refractivity contribution in [3.8, 4) is 0 Å². The third-order valence-corrected chi connectivity index (χ3v) is 2.48. The molecule has 0 fully saturated rings. The molecule has 2 rings (SSSR count). The molecule has 1 aliphatic rings. The van der Waals surface area contributed by atoms with Crippen LogP contribution >= 0.6 is 0 Å². The number of nitrogen functional groups attached to an aromatic ring is 1. The molecule has 1 aliphatic carbocycles. The van der Waals surface area contributed by atoms with Crippen molar-refractivity contribution in [2.75, 3.05) is 5.73 Å². The van der Waals surface area contributed by atoms with Crippen molar-refractivity contribution in [3.05, 3.63) is 23.4 Å². The van der Waals surface area contributed by atoms with E-state index in [9.17, 15) is 0 Å². The van der Waals surface area contributed by atoms with Gasteiger partial charge in [0.05, 0.1) is 0 Å². The number of aromatic nitrogens is 1. The summed E-state index contributed by atoms with van der Waals surface area (Å²) in [5.41, 5.74) is 8.40. The first-order chi connectivity index (χ1) is 5.29. The van der Waals surface area contributed by atoms with Gasteiger partial charge in [0.1, 0.15) is 5.82 Å². The second kappa shape index (κ2) is 2.22. The molecule has 1 unspecified atom stereocenters. The summed E-state index contributed by atoms with van der Waals surface area (Å²) in [6, 6.07) is 2.09. The highest BCUT2D eigenvalue weighted by Gasteiger charge is 2.20. The number of anilines is 1. The Balaban J connectivity index is 2.57. The average Bonchev–Trinajstić information content (AvgIpc) is 2.35. The summed E-state index contributed by atoms with van der Waals surface area (Å²) in [7, 11) is 0. The van der Waals surface area contributed by atoms with Gasteiger partial charge in [0, 0.05) is 6.20 Å². The molecule has 1 heterocycles. The van der Waals surface area contributed by atoms with Crippen molar-refractivity contribution in [2.24, 2.45) is 0 Å². The first kappa shape index (κ1) is 6.65. The fraction of sp³-hybridized carbons (Fsp3) is 0.444. The smallest absolute Gasteiger partial charge is 0.126 e. The Morgan fingerprint density at radius 2 is 2.45 bits per heavy atom. The monoisotopic (exact) mass is 148 g/mol. The molecule has 11 heavy (non-hydrogen) atoms. The van der Waals surface area contributed by atoms with E-state index in [0.29, 0.717) is 5.92 Å². The van der Waals surface area contributed by atoms with E-state index in [-0.39, 0.29) is 0 Å². The third-order valence-electron chi connectivity index (χ3n) is 2.48. The largest absolute Gasteiger partial charge is 0.383 e. The Morgan fingerprint density at radius 3 is 3.18 bits per heavy atom. The summed E-state index contributed by atoms with van der Waals surface area (Å²) in [4.78, 5) is 4.06. The normalized spacial score (nSPS) is 21.7. The number of fused-ring (bicyclic) bond motifs is 1. The van der Waals surface area contributed by atoms with Crippen LogP contribution in [0.15, 0.2) is 12.3 Å². The van der Waals surface area contributed by atoms with Crippen LogP contribution in [-0.4, -0.2) is 4.98 Å². The zero-order chi connectivity index (χ0) is 7.84. The van der Waals surface area contributed by atoms with Gasteiger partial charge in [-0.1, -0.05) is 6.92 Å². The molecule has 1 aromatic rings. The third kappa shape index (κ3) is 0.897. The number of rotatable bonds is 0. The van der Waals surface area contributed by atoms with Crippen LogP contribution < -0.4 is 5.73 Å². The van der Waals surface area contributed by atoms with Crippen LogP contribution in [0.5, 0.6) is 0 Å². The summed E-state index contributed by atoms with van der Waals surface area (Å²) in [5.74, 6) is 1.40. The van der Waals surface area contributed by atoms with E-state index < -0.39 is 0 Å². The molecular weight excluding hydrogens is 136 g/mol. The van der Waals surface area contributed by atoms with Crippen molar-refractivity contribution in [3.63, 3.8) is 0 Å². The maximum absolute atomic E-state index is 5.72. The Labute approximate surface area is 66.4 Å². The fourth-order valence-corrected chi connectivity index (χ4v) is 1.77. The fourth-order valence-electron chi connectivity index (χ4n) is 1.77. The van der Waals surface area contributed by atoms with Crippen molar-refractivity contribution in [1.29, 1.82) is 0 Å². The van der Waals surface area contributed by atoms with E-state index in [0.717, 1.165) is 12.2 Å². The van der Waals surface area contributed by atoms with Crippen molar-refractivity contribution >= 4 is 5.82 Å². The molecule has 2 nitrogen and oxygen atoms in total. The molecule has 1 atom stereocenters. The molecule has 2 heteroatoms. The first-order valence-electron chi connectivity index (χ1n) is 4.02. The lowest BCUT2D eigenvalue weighted by Crippen LogP contribution is -1.96. The minimum Gasteiger partial charge on any atom is -0.383 e. The predicted molar refractivity (Wildman–Crippen MR) is 45.4 cm³/mol. The van der Waals surface area contributed by atoms with Crippen LogP contribution in [0, 0.1) is 0 Å². The maximum atomic E-state index is 5.72. The zero-order valence-corrected chi connectivity index (χ0v) is 6.67. The molecule has 58 valence electrons. The van der Waals surface area contributed by atoms with Gasteiger partial charge in [-0.15, -0.1) is 0 Å². The van der Waals surface area contributed by atoms with Crippen molar-refractivity contribution in [1.82, 2.24) is 4.98 Å². The molecule has 0 saturated heterocycles. The highest BCUT2D eigenvalue weighted by Crippen LogP contribution is 2.34. The molecule has 1 aromatic heterocycles. The van der Waals surface area contributed by atoms with Crippen molar-refractivity contribution in [2.45, 2.75) is 25.7 Å². The quantitative estimate of drug-likeness (QED) is 0.608. The lowest BCUT2D eigenvalue weighted by atomic mass is 10.1. The van der Waals surface area contributed by atoms with E-state index in [1.54, 1.807) is 6.20 Å². The summed E-state index contributed by atoms with van der Waals surface area (Å²) in [5, 5.41) is 0. The average molecular weight is 148 g/mol. The van der Waals surface area contributed by atoms with Gasteiger partial charge >= 0.3 is 0 Å². The van der Waals surface area contributed by atoms with E-state index in [2.05, 4.69) is 18.0 Å². The molecule has 0 spiro atoms. The minimum absolute atomic E-state index is 0.676. The van der Waals surface area contributed by atoms with E-state index in [1.165, 1.54) is 17.5 Å². The van der Waals surface area contributed by atoms with Gasteiger partial charge in [-0.25, -0.2) is 4.98 Å². The van der Waals surface area contributed by atoms with E-state index in [4.69, 9.17) is 5.73 Å². The summed E-state index contributed by atoms with van der Waals surface area (Å²) < 4.78 is 0. The molecule has 0 aromatic carbocycles. The van der Waals surface area contributed by atoms with Crippen molar-refractivity contribution < 1.29 is 0 Å². The highest BCUT2D eigenvalue weighted by atomic mass is 14.8. The van der Waals surface area contributed by atoms with Gasteiger partial charge in [0.15, 0.2) is 0 Å². The van der Waals surface area contributed by atoms with Gasteiger partial charge in [0.25, 0.3) is 0 Å². The van der Waals surface area contributed by atoms with Gasteiger partial charge < -0.3 is 5.73 Å². The van der Waals surface area contributed by atoms with Gasteiger partial charge in [-0.05, 0) is 36.0 Å². The number of nitrogens with zero attached hydrogens (tertiary/aromatic N) is 1. The Kier molecular flexibility index (Phi) is 1.34. The van der Waals surface area contributed by atoms with E-state index in [1.807, 2.05) is 0 Å². The Bertz CT molecular complexity index is 281. The summed E-state index contributed by atoms with van der Waals surface area (Å²) in [6.45, 7) is 2.24. The van der Waals surface area contributed by atoms with Gasteiger partial charge in [-0.3, -0.25) is 0 Å². The topological polar surface area (TPSA) is 38.9 Å². The number of hydrogen-bond acceptors (Lipinski definition) is 2. The van der Waals surface area contributed by atoms with Gasteiger partial charge in [-0.2, -0.15) is 0 Å². The molecule has 0 radical (unpaired) electrons. The molecule has 0 bridgehead atoms. The number of pyridine rings is 1. The summed E-state index contributed by atoms with van der Waals surface area (Å²) >= 11 is 0. The highest BCUT2D eigenvalue weighted by molar-refractivity contribution is 5.48. The standard InChI is InChI=1S/C9H12N2/c1-6-2-3-8-7(6)4-5-11-9(8)10/h4-6H,2-3H2,1H3,(H2,10,11). The number of nitrogens with two attached hydrogens (primary N) is 1. The van der Waals surface area contributed by atoms with Gasteiger partial charge in [0.2, 0.25) is 0 Å². The van der Waals surface area contributed by atoms with Crippen LogP contribution in [0.2, 0.25) is 0 Å². The second-order valence-electron chi connectivity index (χ2n) is 3.20. The zero-order valence-electron chi connectivity index (χ0n) is 6.67. The Morgan fingerprint density at radius 1 is 1.64 bits per heavy atom. The molecular formula is C9H12N2. The SMILES string of the molecule is CC1CCc2c1ccnc2N. The van der Waals surface area contributed by atoms with E-state index >= 15 is 0 Å². The predicted octanol–water partition coefficient (Wildman–Crippen LogP) is 1.71. The summed E-state index contributed by atoms with van der Waals surface area (Å²) in [6.07, 6.45) is 4.14.